The van der Waals surface area contributed by atoms with Gasteiger partial charge in [0.05, 0.1) is 5.69 Å². The maximum atomic E-state index is 4.53. The Kier molecular flexibility index (Phi) is 4.32. The Labute approximate surface area is 119 Å². The SMILES string of the molecule is CNCc1c(C)nn(C)c1Sc1cc(C)ccc1C. The quantitative estimate of drug-likeness (QED) is 0.929. The second-order valence-corrected chi connectivity index (χ2v) is 5.92. The zero-order valence-electron chi connectivity index (χ0n) is 12.2. The Bertz CT molecular complexity index is 587. The van der Waals surface area contributed by atoms with Crippen molar-refractivity contribution in [1.29, 1.82) is 0 Å². The fourth-order valence-corrected chi connectivity index (χ4v) is 3.31. The van der Waals surface area contributed by atoms with Crippen LogP contribution in [0.1, 0.15) is 22.4 Å². The molecule has 19 heavy (non-hydrogen) atoms. The molecule has 4 heteroatoms. The van der Waals surface area contributed by atoms with Crippen LogP contribution in [-0.4, -0.2) is 16.8 Å². The molecule has 1 heterocycles. The molecule has 0 aliphatic rings. The minimum absolute atomic E-state index is 0.854. The molecule has 1 aromatic heterocycles. The van der Waals surface area contributed by atoms with E-state index in [1.165, 1.54) is 26.6 Å². The average Bonchev–Trinajstić information content (AvgIpc) is 2.61. The Morgan fingerprint density at radius 3 is 2.68 bits per heavy atom. The number of nitrogens with zero attached hydrogens (tertiary/aromatic N) is 2. The summed E-state index contributed by atoms with van der Waals surface area (Å²) < 4.78 is 1.98. The Morgan fingerprint density at radius 1 is 1.26 bits per heavy atom. The summed E-state index contributed by atoms with van der Waals surface area (Å²) in [5, 5.41) is 8.98. The molecule has 3 nitrogen and oxygen atoms in total. The Morgan fingerprint density at radius 2 is 2.00 bits per heavy atom. The predicted octanol–water partition coefficient (Wildman–Crippen LogP) is 3.22. The van der Waals surface area contributed by atoms with E-state index >= 15 is 0 Å². The first-order chi connectivity index (χ1) is 9.02. The largest absolute Gasteiger partial charge is 0.316 e. The third kappa shape index (κ3) is 3.01. The van der Waals surface area contributed by atoms with E-state index < -0.39 is 0 Å². The summed E-state index contributed by atoms with van der Waals surface area (Å²) in [4.78, 5) is 1.31. The van der Waals surface area contributed by atoms with E-state index in [9.17, 15) is 0 Å². The molecule has 0 atom stereocenters. The normalized spacial score (nSPS) is 11.0. The first-order valence-corrected chi connectivity index (χ1v) is 7.26. The third-order valence-electron chi connectivity index (χ3n) is 3.19. The lowest BCUT2D eigenvalue weighted by Crippen LogP contribution is -2.06. The van der Waals surface area contributed by atoms with Crippen molar-refractivity contribution in [1.82, 2.24) is 15.1 Å². The van der Waals surface area contributed by atoms with E-state index in [2.05, 4.69) is 49.4 Å². The Hall–Kier alpha value is -1.26. The summed E-state index contributed by atoms with van der Waals surface area (Å²) in [5.41, 5.74) is 4.99. The van der Waals surface area contributed by atoms with Gasteiger partial charge in [-0.05, 0) is 45.0 Å². The minimum Gasteiger partial charge on any atom is -0.316 e. The molecule has 0 radical (unpaired) electrons. The highest BCUT2D eigenvalue weighted by atomic mass is 32.2. The van der Waals surface area contributed by atoms with Crippen molar-refractivity contribution in [3.8, 4) is 0 Å². The van der Waals surface area contributed by atoms with Crippen LogP contribution in [0, 0.1) is 20.8 Å². The van der Waals surface area contributed by atoms with E-state index in [0.29, 0.717) is 0 Å². The average molecular weight is 275 g/mol. The van der Waals surface area contributed by atoms with Crippen molar-refractivity contribution in [2.45, 2.75) is 37.2 Å². The van der Waals surface area contributed by atoms with Crippen LogP contribution in [0.25, 0.3) is 0 Å². The van der Waals surface area contributed by atoms with Crippen molar-refractivity contribution < 1.29 is 0 Å². The van der Waals surface area contributed by atoms with Crippen LogP contribution in [0.15, 0.2) is 28.1 Å². The number of aromatic nitrogens is 2. The third-order valence-corrected chi connectivity index (χ3v) is 4.56. The number of benzene rings is 1. The molecule has 0 saturated carbocycles. The van der Waals surface area contributed by atoms with Crippen molar-refractivity contribution in [3.05, 3.63) is 40.6 Å². The van der Waals surface area contributed by atoms with Gasteiger partial charge in [0.25, 0.3) is 0 Å². The molecule has 0 saturated heterocycles. The Balaban J connectivity index is 2.40. The van der Waals surface area contributed by atoms with Gasteiger partial charge in [-0.3, -0.25) is 4.68 Å². The zero-order chi connectivity index (χ0) is 14.0. The van der Waals surface area contributed by atoms with Gasteiger partial charge >= 0.3 is 0 Å². The molecule has 0 aliphatic carbocycles. The summed E-state index contributed by atoms with van der Waals surface area (Å²) in [6.07, 6.45) is 0. The van der Waals surface area contributed by atoms with Crippen LogP contribution in [0.2, 0.25) is 0 Å². The lowest BCUT2D eigenvalue weighted by atomic mass is 10.2. The first-order valence-electron chi connectivity index (χ1n) is 6.45. The molecule has 2 aromatic rings. The van der Waals surface area contributed by atoms with Crippen LogP contribution >= 0.6 is 11.8 Å². The summed E-state index contributed by atoms with van der Waals surface area (Å²) in [6, 6.07) is 6.58. The molecule has 102 valence electrons. The molecule has 0 amide bonds. The maximum absolute atomic E-state index is 4.53. The van der Waals surface area contributed by atoms with Gasteiger partial charge in [0.15, 0.2) is 0 Å². The standard InChI is InChI=1S/C15H21N3S/c1-10-6-7-11(2)14(8-10)19-15-13(9-16-4)12(3)17-18(15)5/h6-8,16H,9H2,1-5H3. The highest BCUT2D eigenvalue weighted by molar-refractivity contribution is 7.99. The van der Waals surface area contributed by atoms with Gasteiger partial charge in [-0.2, -0.15) is 5.10 Å². The van der Waals surface area contributed by atoms with E-state index in [0.717, 1.165) is 12.2 Å². The number of rotatable bonds is 4. The molecular weight excluding hydrogens is 254 g/mol. The topological polar surface area (TPSA) is 29.9 Å². The van der Waals surface area contributed by atoms with Gasteiger partial charge in [-0.1, -0.05) is 23.9 Å². The highest BCUT2D eigenvalue weighted by Gasteiger charge is 2.14. The first kappa shape index (κ1) is 14.2. The predicted molar refractivity (Wildman–Crippen MR) is 80.7 cm³/mol. The summed E-state index contributed by atoms with van der Waals surface area (Å²) in [6.45, 7) is 7.21. The van der Waals surface area contributed by atoms with Gasteiger partial charge in [0.2, 0.25) is 0 Å². The lowest BCUT2D eigenvalue weighted by Gasteiger charge is -2.09. The maximum Gasteiger partial charge on any atom is 0.103 e. The molecule has 0 aliphatic heterocycles. The molecule has 0 spiro atoms. The van der Waals surface area contributed by atoms with Crippen molar-refractivity contribution in [2.75, 3.05) is 7.05 Å². The van der Waals surface area contributed by atoms with E-state index in [1.807, 2.05) is 18.8 Å². The van der Waals surface area contributed by atoms with Crippen molar-refractivity contribution in [3.63, 3.8) is 0 Å². The molecule has 1 aromatic carbocycles. The van der Waals surface area contributed by atoms with Gasteiger partial charge in [-0.15, -0.1) is 0 Å². The lowest BCUT2D eigenvalue weighted by molar-refractivity contribution is 0.683. The van der Waals surface area contributed by atoms with Crippen molar-refractivity contribution >= 4 is 11.8 Å². The van der Waals surface area contributed by atoms with Gasteiger partial charge in [0.1, 0.15) is 5.03 Å². The zero-order valence-corrected chi connectivity index (χ0v) is 13.1. The van der Waals surface area contributed by atoms with Gasteiger partial charge in [-0.25, -0.2) is 0 Å². The van der Waals surface area contributed by atoms with E-state index in [4.69, 9.17) is 0 Å². The van der Waals surface area contributed by atoms with Gasteiger partial charge < -0.3 is 5.32 Å². The summed E-state index contributed by atoms with van der Waals surface area (Å²) in [7, 11) is 3.98. The molecule has 1 N–H and O–H groups in total. The number of nitrogens with one attached hydrogen (secondary N) is 1. The minimum atomic E-state index is 0.854. The number of hydrogen-bond acceptors (Lipinski definition) is 3. The highest BCUT2D eigenvalue weighted by Crippen LogP contribution is 2.34. The van der Waals surface area contributed by atoms with Crippen LogP contribution < -0.4 is 5.32 Å². The fraction of sp³-hybridized carbons (Fsp3) is 0.400. The monoisotopic (exact) mass is 275 g/mol. The molecule has 0 fully saturated rings. The van der Waals surface area contributed by atoms with Gasteiger partial charge in [0, 0.05) is 24.1 Å². The van der Waals surface area contributed by atoms with E-state index in [-0.39, 0.29) is 0 Å². The number of hydrogen-bond donors (Lipinski definition) is 1. The van der Waals surface area contributed by atoms with Crippen LogP contribution in [0.5, 0.6) is 0 Å². The van der Waals surface area contributed by atoms with Crippen molar-refractivity contribution in [2.24, 2.45) is 7.05 Å². The van der Waals surface area contributed by atoms with Crippen LogP contribution in [-0.2, 0) is 13.6 Å². The summed E-state index contributed by atoms with van der Waals surface area (Å²) in [5.74, 6) is 0. The number of aryl methyl sites for hydroxylation is 4. The second kappa shape index (κ2) is 5.80. The molecule has 0 unspecified atom stereocenters. The molecule has 2 rings (SSSR count). The van der Waals surface area contributed by atoms with Crippen LogP contribution in [0.4, 0.5) is 0 Å². The van der Waals surface area contributed by atoms with Crippen LogP contribution in [0.3, 0.4) is 0 Å². The summed E-state index contributed by atoms with van der Waals surface area (Å²) >= 11 is 1.80. The molecular formula is C15H21N3S. The smallest absolute Gasteiger partial charge is 0.103 e. The fourth-order valence-electron chi connectivity index (χ4n) is 2.11. The second-order valence-electron chi connectivity index (χ2n) is 4.89. The molecule has 0 bridgehead atoms. The van der Waals surface area contributed by atoms with E-state index in [1.54, 1.807) is 11.8 Å².